The van der Waals surface area contributed by atoms with E-state index >= 15 is 0 Å². The monoisotopic (exact) mass is 237 g/mol. The average Bonchev–Trinajstić information content (AvgIpc) is 3.13. The first-order chi connectivity index (χ1) is 8.31. The zero-order valence-corrected chi connectivity index (χ0v) is 11.0. The van der Waals surface area contributed by atoms with Crippen molar-refractivity contribution in [2.45, 2.75) is 44.6 Å². The molecule has 1 aliphatic heterocycles. The minimum absolute atomic E-state index is 0.535. The summed E-state index contributed by atoms with van der Waals surface area (Å²) in [5.41, 5.74) is 6.46. The van der Waals surface area contributed by atoms with E-state index in [1.807, 2.05) is 0 Å². The lowest BCUT2D eigenvalue weighted by Gasteiger charge is -2.43. The van der Waals surface area contributed by atoms with Gasteiger partial charge in [-0.2, -0.15) is 0 Å². The van der Waals surface area contributed by atoms with E-state index in [0.29, 0.717) is 5.41 Å². The molecule has 2 aliphatic carbocycles. The van der Waals surface area contributed by atoms with Crippen molar-refractivity contribution in [3.63, 3.8) is 0 Å². The summed E-state index contributed by atoms with van der Waals surface area (Å²) < 4.78 is 0. The summed E-state index contributed by atoms with van der Waals surface area (Å²) in [6.45, 7) is 7.39. The van der Waals surface area contributed by atoms with Gasteiger partial charge in [-0.15, -0.1) is 0 Å². The second-order valence-corrected chi connectivity index (χ2v) is 6.42. The maximum atomic E-state index is 5.93. The Morgan fingerprint density at radius 1 is 1.06 bits per heavy atom. The van der Waals surface area contributed by atoms with Gasteiger partial charge < -0.3 is 10.6 Å². The quantitative estimate of drug-likeness (QED) is 0.782. The van der Waals surface area contributed by atoms with Crippen molar-refractivity contribution in [3.05, 3.63) is 0 Å². The molecule has 17 heavy (non-hydrogen) atoms. The summed E-state index contributed by atoms with van der Waals surface area (Å²) in [7, 11) is 0. The molecule has 1 heterocycles. The van der Waals surface area contributed by atoms with Gasteiger partial charge in [-0.25, -0.2) is 0 Å². The van der Waals surface area contributed by atoms with Crippen molar-refractivity contribution in [1.82, 2.24) is 9.80 Å². The number of nitrogens with two attached hydrogens (primary N) is 1. The second kappa shape index (κ2) is 4.87. The van der Waals surface area contributed by atoms with Crippen LogP contribution in [0.3, 0.4) is 0 Å². The van der Waals surface area contributed by atoms with Gasteiger partial charge in [-0.1, -0.05) is 6.42 Å². The molecule has 1 saturated heterocycles. The van der Waals surface area contributed by atoms with E-state index < -0.39 is 0 Å². The van der Waals surface area contributed by atoms with Gasteiger partial charge in [0.15, 0.2) is 0 Å². The van der Waals surface area contributed by atoms with Crippen LogP contribution in [0.1, 0.15) is 38.5 Å². The Hall–Kier alpha value is -0.120. The third kappa shape index (κ3) is 2.67. The van der Waals surface area contributed by atoms with Crippen LogP contribution in [0.4, 0.5) is 0 Å². The summed E-state index contributed by atoms with van der Waals surface area (Å²) in [4.78, 5) is 5.35. The molecular weight excluding hydrogens is 210 g/mol. The average molecular weight is 237 g/mol. The van der Waals surface area contributed by atoms with E-state index in [1.54, 1.807) is 0 Å². The smallest absolute Gasteiger partial charge is 0.0113 e. The summed E-state index contributed by atoms with van der Waals surface area (Å²) in [6.07, 6.45) is 8.42. The van der Waals surface area contributed by atoms with Crippen molar-refractivity contribution >= 4 is 0 Å². The molecular formula is C14H27N3. The molecule has 0 radical (unpaired) electrons. The van der Waals surface area contributed by atoms with E-state index in [1.165, 1.54) is 71.2 Å². The Bertz CT molecular complexity index is 245. The number of rotatable bonds is 5. The van der Waals surface area contributed by atoms with Gasteiger partial charge in [0, 0.05) is 32.2 Å². The number of nitrogens with zero attached hydrogens (tertiary/aromatic N) is 2. The van der Waals surface area contributed by atoms with Gasteiger partial charge in [0.25, 0.3) is 0 Å². The fourth-order valence-electron chi connectivity index (χ4n) is 3.42. The van der Waals surface area contributed by atoms with Gasteiger partial charge in [-0.05, 0) is 50.6 Å². The Morgan fingerprint density at radius 2 is 1.76 bits per heavy atom. The molecule has 0 unspecified atom stereocenters. The predicted molar refractivity (Wildman–Crippen MR) is 71.0 cm³/mol. The lowest BCUT2D eigenvalue weighted by Crippen LogP contribution is -2.49. The number of hydrogen-bond acceptors (Lipinski definition) is 3. The van der Waals surface area contributed by atoms with Crippen molar-refractivity contribution in [2.75, 3.05) is 39.3 Å². The molecule has 0 amide bonds. The molecule has 0 atom stereocenters. The maximum absolute atomic E-state index is 5.93. The van der Waals surface area contributed by atoms with Crippen molar-refractivity contribution < 1.29 is 0 Å². The first kappa shape index (κ1) is 11.9. The van der Waals surface area contributed by atoms with Crippen LogP contribution in [0, 0.1) is 5.41 Å². The molecule has 3 fully saturated rings. The van der Waals surface area contributed by atoms with E-state index in [9.17, 15) is 0 Å². The molecule has 0 bridgehead atoms. The molecule has 98 valence electrons. The molecule has 2 N–H and O–H groups in total. The number of hydrogen-bond donors (Lipinski definition) is 1. The fraction of sp³-hybridized carbons (Fsp3) is 1.00. The highest BCUT2D eigenvalue weighted by atomic mass is 15.3. The van der Waals surface area contributed by atoms with Gasteiger partial charge in [0.1, 0.15) is 0 Å². The third-order valence-electron chi connectivity index (χ3n) is 5.28. The molecule has 3 nitrogen and oxygen atoms in total. The van der Waals surface area contributed by atoms with Crippen LogP contribution in [-0.2, 0) is 0 Å². The summed E-state index contributed by atoms with van der Waals surface area (Å²) in [6, 6.07) is 0.958. The molecule has 3 heteroatoms. The molecule has 0 aromatic heterocycles. The fourth-order valence-corrected chi connectivity index (χ4v) is 3.42. The van der Waals surface area contributed by atoms with E-state index in [4.69, 9.17) is 5.73 Å². The molecule has 3 rings (SSSR count). The van der Waals surface area contributed by atoms with Crippen LogP contribution >= 0.6 is 0 Å². The van der Waals surface area contributed by atoms with Crippen LogP contribution < -0.4 is 5.73 Å². The summed E-state index contributed by atoms with van der Waals surface area (Å²) >= 11 is 0. The Labute approximate surface area is 105 Å². The first-order valence-corrected chi connectivity index (χ1v) is 7.48. The highest BCUT2D eigenvalue weighted by molar-refractivity contribution is 4.91. The molecule has 0 aromatic carbocycles. The molecule has 3 aliphatic rings. The van der Waals surface area contributed by atoms with E-state index in [-0.39, 0.29) is 0 Å². The van der Waals surface area contributed by atoms with Crippen LogP contribution in [0.15, 0.2) is 0 Å². The Morgan fingerprint density at radius 3 is 2.24 bits per heavy atom. The van der Waals surface area contributed by atoms with Crippen LogP contribution in [0.25, 0.3) is 0 Å². The van der Waals surface area contributed by atoms with Gasteiger partial charge in [-0.3, -0.25) is 4.90 Å². The predicted octanol–water partition coefficient (Wildman–Crippen LogP) is 1.29. The van der Waals surface area contributed by atoms with Gasteiger partial charge in [0.05, 0.1) is 0 Å². The zero-order valence-electron chi connectivity index (χ0n) is 11.0. The van der Waals surface area contributed by atoms with Crippen molar-refractivity contribution in [1.29, 1.82) is 0 Å². The third-order valence-corrected chi connectivity index (χ3v) is 5.28. The highest BCUT2D eigenvalue weighted by Gasteiger charge is 2.36. The SMILES string of the molecule is NCC1(CCN2CCN(C3CC3)CC2)CCC1. The Kier molecular flexibility index (Phi) is 3.42. The van der Waals surface area contributed by atoms with Crippen LogP contribution in [-0.4, -0.2) is 55.1 Å². The number of piperazine rings is 1. The van der Waals surface area contributed by atoms with E-state index in [0.717, 1.165) is 12.6 Å². The minimum atomic E-state index is 0.535. The molecule has 2 saturated carbocycles. The standard InChI is InChI=1S/C14H27N3/c15-12-14(4-1-5-14)6-7-16-8-10-17(11-9-16)13-2-3-13/h13H,1-12,15H2. The first-order valence-electron chi connectivity index (χ1n) is 7.48. The van der Waals surface area contributed by atoms with Crippen LogP contribution in [0.5, 0.6) is 0 Å². The molecule has 0 spiro atoms. The Balaban J connectivity index is 1.38. The normalized spacial score (nSPS) is 30.2. The minimum Gasteiger partial charge on any atom is -0.330 e. The lowest BCUT2D eigenvalue weighted by atomic mass is 9.66. The highest BCUT2D eigenvalue weighted by Crippen LogP contribution is 2.43. The van der Waals surface area contributed by atoms with Crippen molar-refractivity contribution in [3.8, 4) is 0 Å². The van der Waals surface area contributed by atoms with E-state index in [2.05, 4.69) is 9.80 Å². The summed E-state index contributed by atoms with van der Waals surface area (Å²) in [5.74, 6) is 0. The maximum Gasteiger partial charge on any atom is 0.0113 e. The summed E-state index contributed by atoms with van der Waals surface area (Å²) in [5, 5.41) is 0. The largest absolute Gasteiger partial charge is 0.330 e. The second-order valence-electron chi connectivity index (χ2n) is 6.42. The van der Waals surface area contributed by atoms with Gasteiger partial charge in [0.2, 0.25) is 0 Å². The lowest BCUT2D eigenvalue weighted by molar-refractivity contribution is 0.0781. The van der Waals surface area contributed by atoms with Crippen LogP contribution in [0.2, 0.25) is 0 Å². The zero-order chi connectivity index (χ0) is 11.7. The topological polar surface area (TPSA) is 32.5 Å². The van der Waals surface area contributed by atoms with Crippen molar-refractivity contribution in [2.24, 2.45) is 11.1 Å². The molecule has 0 aromatic rings. The van der Waals surface area contributed by atoms with Gasteiger partial charge >= 0.3 is 0 Å².